The molecule has 2 aromatic heterocycles. The number of carbonyl (C=O) groups excluding carboxylic acids is 1. The predicted molar refractivity (Wildman–Crippen MR) is 90.0 cm³/mol. The molecule has 0 unspecified atom stereocenters. The molecule has 1 N–H and O–H groups in total. The lowest BCUT2D eigenvalue weighted by atomic mass is 9.98. The first kappa shape index (κ1) is 16.0. The molecule has 6 nitrogen and oxygen atoms in total. The van der Waals surface area contributed by atoms with Crippen LogP contribution in [-0.2, 0) is 4.79 Å². The monoisotopic (exact) mass is 331 g/mol. The van der Waals surface area contributed by atoms with E-state index in [1.165, 1.54) is 18.2 Å². The van der Waals surface area contributed by atoms with Crippen molar-refractivity contribution in [3.8, 4) is 11.4 Å². The lowest BCUT2D eigenvalue weighted by molar-refractivity contribution is -0.134. The molecule has 0 radical (unpaired) electrons. The Bertz CT molecular complexity index is 650. The number of hydrogen-bond donors (Lipinski definition) is 1. The third-order valence-corrected chi connectivity index (χ3v) is 5.06. The molecule has 2 atom stereocenters. The molecule has 2 aromatic rings. The molecule has 3 rings (SSSR count). The van der Waals surface area contributed by atoms with Gasteiger partial charge in [0.15, 0.2) is 5.82 Å². The van der Waals surface area contributed by atoms with Crippen LogP contribution in [0, 0.1) is 0 Å². The van der Waals surface area contributed by atoms with Gasteiger partial charge in [-0.1, -0.05) is 11.8 Å². The van der Waals surface area contributed by atoms with Crippen molar-refractivity contribution in [3.63, 3.8) is 0 Å². The topological polar surface area (TPSA) is 74.8 Å². The number of piperidine rings is 1. The van der Waals surface area contributed by atoms with E-state index < -0.39 is 0 Å². The molecular formula is C16H21N5OS. The van der Waals surface area contributed by atoms with E-state index in [4.69, 9.17) is 0 Å². The summed E-state index contributed by atoms with van der Waals surface area (Å²) in [5.74, 6) is 1.24. The number of likely N-dealkylation sites (tertiary alicyclic amines) is 1. The number of nitrogens with one attached hydrogen (secondary N) is 1. The number of carbonyl (C=O) groups is 1. The molecule has 0 spiro atoms. The lowest BCUT2D eigenvalue weighted by Crippen LogP contribution is -2.48. The Morgan fingerprint density at radius 1 is 1.30 bits per heavy atom. The van der Waals surface area contributed by atoms with Crippen LogP contribution in [-0.4, -0.2) is 48.8 Å². The van der Waals surface area contributed by atoms with Gasteiger partial charge in [-0.15, -0.1) is 5.10 Å². The Morgan fingerprint density at radius 3 is 2.70 bits per heavy atom. The van der Waals surface area contributed by atoms with Crippen molar-refractivity contribution in [1.82, 2.24) is 25.1 Å². The molecule has 0 bridgehead atoms. The standard InChI is InChI=1S/C16H21N5OS/c1-11-4-3-5-12(2)21(11)14(22)10-23-16-18-15(19-20-16)13-6-8-17-9-7-13/h6-9,11-12H,3-5,10H2,1-2H3,(H,18,19,20)/t11-,12-/m1/s1. The van der Waals surface area contributed by atoms with Crippen molar-refractivity contribution >= 4 is 17.7 Å². The minimum absolute atomic E-state index is 0.171. The molecule has 122 valence electrons. The third kappa shape index (κ3) is 3.72. The average molecular weight is 331 g/mol. The van der Waals surface area contributed by atoms with Crippen LogP contribution in [0.4, 0.5) is 0 Å². The van der Waals surface area contributed by atoms with Gasteiger partial charge in [0.2, 0.25) is 11.1 Å². The SMILES string of the molecule is C[C@@H]1CCC[C@@H](C)N1C(=O)CSc1n[nH]c(-c2ccncc2)n1. The van der Waals surface area contributed by atoms with Crippen molar-refractivity contribution in [2.45, 2.75) is 50.4 Å². The average Bonchev–Trinajstić information content (AvgIpc) is 3.02. The Labute approximate surface area is 140 Å². The first-order valence-electron chi connectivity index (χ1n) is 7.92. The number of pyridine rings is 1. The molecule has 0 saturated carbocycles. The summed E-state index contributed by atoms with van der Waals surface area (Å²) in [6, 6.07) is 4.40. The fourth-order valence-corrected chi connectivity index (χ4v) is 3.73. The van der Waals surface area contributed by atoms with Gasteiger partial charge in [0, 0.05) is 30.0 Å². The molecule has 0 aliphatic carbocycles. The van der Waals surface area contributed by atoms with Crippen LogP contribution in [0.2, 0.25) is 0 Å². The highest BCUT2D eigenvalue weighted by atomic mass is 32.2. The summed E-state index contributed by atoms with van der Waals surface area (Å²) >= 11 is 1.38. The van der Waals surface area contributed by atoms with Crippen LogP contribution >= 0.6 is 11.8 Å². The molecule has 3 heterocycles. The van der Waals surface area contributed by atoms with Crippen LogP contribution in [0.5, 0.6) is 0 Å². The van der Waals surface area contributed by atoms with E-state index in [9.17, 15) is 4.79 Å². The van der Waals surface area contributed by atoms with E-state index in [0.717, 1.165) is 18.4 Å². The van der Waals surface area contributed by atoms with Gasteiger partial charge in [0.1, 0.15) is 0 Å². The Morgan fingerprint density at radius 2 is 2.00 bits per heavy atom. The summed E-state index contributed by atoms with van der Waals surface area (Å²) in [6.45, 7) is 4.26. The van der Waals surface area contributed by atoms with E-state index in [2.05, 4.69) is 34.0 Å². The Kier molecular flexibility index (Phi) is 4.95. The van der Waals surface area contributed by atoms with Gasteiger partial charge in [0.05, 0.1) is 5.75 Å². The summed E-state index contributed by atoms with van der Waals surface area (Å²) in [5, 5.41) is 7.69. The molecular weight excluding hydrogens is 310 g/mol. The molecule has 1 fully saturated rings. The predicted octanol–water partition coefficient (Wildman–Crippen LogP) is 2.75. The van der Waals surface area contributed by atoms with Gasteiger partial charge in [-0.2, -0.15) is 0 Å². The van der Waals surface area contributed by atoms with Gasteiger partial charge >= 0.3 is 0 Å². The summed E-state index contributed by atoms with van der Waals surface area (Å²) in [4.78, 5) is 22.9. The van der Waals surface area contributed by atoms with Gasteiger partial charge in [-0.05, 0) is 45.2 Å². The van der Waals surface area contributed by atoms with Crippen molar-refractivity contribution in [1.29, 1.82) is 0 Å². The highest BCUT2D eigenvalue weighted by molar-refractivity contribution is 7.99. The van der Waals surface area contributed by atoms with Crippen LogP contribution in [0.15, 0.2) is 29.7 Å². The zero-order valence-corrected chi connectivity index (χ0v) is 14.2. The van der Waals surface area contributed by atoms with Gasteiger partial charge in [-0.3, -0.25) is 14.9 Å². The van der Waals surface area contributed by atoms with Crippen molar-refractivity contribution in [3.05, 3.63) is 24.5 Å². The van der Waals surface area contributed by atoms with Crippen LogP contribution in [0.1, 0.15) is 33.1 Å². The minimum atomic E-state index is 0.171. The summed E-state index contributed by atoms with van der Waals surface area (Å²) < 4.78 is 0. The fourth-order valence-electron chi connectivity index (χ4n) is 3.06. The molecule has 1 saturated heterocycles. The lowest BCUT2D eigenvalue weighted by Gasteiger charge is -2.39. The fraction of sp³-hybridized carbons (Fsp3) is 0.500. The number of nitrogens with zero attached hydrogens (tertiary/aromatic N) is 4. The zero-order valence-electron chi connectivity index (χ0n) is 13.4. The Hall–Kier alpha value is -1.89. The van der Waals surface area contributed by atoms with E-state index in [1.54, 1.807) is 12.4 Å². The number of H-pyrrole nitrogens is 1. The van der Waals surface area contributed by atoms with Crippen molar-refractivity contribution in [2.24, 2.45) is 0 Å². The van der Waals surface area contributed by atoms with Gasteiger partial charge in [-0.25, -0.2) is 4.98 Å². The normalized spacial score (nSPS) is 21.4. The Balaban J connectivity index is 1.60. The van der Waals surface area contributed by atoms with Gasteiger partial charge < -0.3 is 4.90 Å². The smallest absolute Gasteiger partial charge is 0.233 e. The second-order valence-corrected chi connectivity index (χ2v) is 6.86. The van der Waals surface area contributed by atoms with E-state index in [1.807, 2.05) is 17.0 Å². The molecule has 1 aliphatic heterocycles. The number of amides is 1. The maximum atomic E-state index is 12.5. The summed E-state index contributed by atoms with van der Waals surface area (Å²) in [5.41, 5.74) is 0.934. The van der Waals surface area contributed by atoms with E-state index in [-0.39, 0.29) is 5.91 Å². The number of rotatable bonds is 4. The highest BCUT2D eigenvalue weighted by Crippen LogP contribution is 2.25. The quantitative estimate of drug-likeness (QED) is 0.872. The summed E-state index contributed by atoms with van der Waals surface area (Å²) in [6.07, 6.45) is 6.82. The highest BCUT2D eigenvalue weighted by Gasteiger charge is 2.28. The first-order chi connectivity index (χ1) is 11.1. The zero-order chi connectivity index (χ0) is 16.2. The minimum Gasteiger partial charge on any atom is -0.337 e. The van der Waals surface area contributed by atoms with Crippen molar-refractivity contribution in [2.75, 3.05) is 5.75 Å². The van der Waals surface area contributed by atoms with Crippen molar-refractivity contribution < 1.29 is 4.79 Å². The van der Waals surface area contributed by atoms with Crippen LogP contribution < -0.4 is 0 Å². The number of thioether (sulfide) groups is 1. The number of aromatic amines is 1. The largest absolute Gasteiger partial charge is 0.337 e. The third-order valence-electron chi connectivity index (χ3n) is 4.22. The maximum absolute atomic E-state index is 12.5. The number of hydrogen-bond acceptors (Lipinski definition) is 5. The molecule has 7 heteroatoms. The maximum Gasteiger partial charge on any atom is 0.233 e. The molecule has 1 amide bonds. The van der Waals surface area contributed by atoms with Gasteiger partial charge in [0.25, 0.3) is 0 Å². The first-order valence-corrected chi connectivity index (χ1v) is 8.90. The second-order valence-electron chi connectivity index (χ2n) is 5.92. The second kappa shape index (κ2) is 7.12. The molecule has 0 aromatic carbocycles. The van der Waals surface area contributed by atoms with E-state index in [0.29, 0.717) is 28.8 Å². The van der Waals surface area contributed by atoms with E-state index >= 15 is 0 Å². The molecule has 1 aliphatic rings. The summed E-state index contributed by atoms with van der Waals surface area (Å²) in [7, 11) is 0. The van der Waals surface area contributed by atoms with Crippen LogP contribution in [0.3, 0.4) is 0 Å². The van der Waals surface area contributed by atoms with Crippen LogP contribution in [0.25, 0.3) is 11.4 Å². The molecule has 23 heavy (non-hydrogen) atoms. The number of aromatic nitrogens is 4.